The molecule has 2 fully saturated rings. The first-order valence-electron chi connectivity index (χ1n) is 9.59. The van der Waals surface area contributed by atoms with Crippen molar-refractivity contribution in [1.29, 1.82) is 0 Å². The van der Waals surface area contributed by atoms with Gasteiger partial charge in [-0.15, -0.1) is 0 Å². The third-order valence-corrected chi connectivity index (χ3v) is 5.60. The van der Waals surface area contributed by atoms with Crippen LogP contribution in [0.25, 0.3) is 0 Å². The van der Waals surface area contributed by atoms with E-state index in [4.69, 9.17) is 0 Å². The maximum absolute atomic E-state index is 12.1. The standard InChI is InChI=1S/C19H28N4O3/c24-19(14-22-12-9-15-3-1-2-4-16(15)13-22)21-11-10-20-17-5-7-18(8-6-17)23(25)26/h5-8,15-16,20H,1-4,9-14H2,(H,21,24)/t15-,16-/m1/s1. The number of amides is 1. The van der Waals surface area contributed by atoms with Crippen LogP contribution in [0.1, 0.15) is 32.1 Å². The van der Waals surface area contributed by atoms with Crippen LogP contribution in [0.3, 0.4) is 0 Å². The zero-order valence-electron chi connectivity index (χ0n) is 15.2. The van der Waals surface area contributed by atoms with Crippen LogP contribution in [0, 0.1) is 22.0 Å². The van der Waals surface area contributed by atoms with Crippen LogP contribution in [-0.4, -0.2) is 48.5 Å². The summed E-state index contributed by atoms with van der Waals surface area (Å²) in [4.78, 5) is 24.7. The van der Waals surface area contributed by atoms with E-state index in [1.165, 1.54) is 44.2 Å². The van der Waals surface area contributed by atoms with E-state index in [1.54, 1.807) is 12.1 Å². The van der Waals surface area contributed by atoms with Crippen molar-refractivity contribution in [3.05, 3.63) is 34.4 Å². The van der Waals surface area contributed by atoms with Crippen molar-refractivity contribution in [3.63, 3.8) is 0 Å². The zero-order chi connectivity index (χ0) is 18.4. The highest BCUT2D eigenvalue weighted by Gasteiger charge is 2.31. The van der Waals surface area contributed by atoms with Gasteiger partial charge in [-0.05, 0) is 43.4 Å². The van der Waals surface area contributed by atoms with Crippen molar-refractivity contribution in [3.8, 4) is 0 Å². The number of non-ortho nitro benzene ring substituents is 1. The average molecular weight is 360 g/mol. The molecule has 2 N–H and O–H groups in total. The molecule has 2 atom stereocenters. The van der Waals surface area contributed by atoms with Crippen LogP contribution in [0.2, 0.25) is 0 Å². The lowest BCUT2D eigenvalue weighted by Crippen LogP contribution is -2.46. The summed E-state index contributed by atoms with van der Waals surface area (Å²) >= 11 is 0. The fourth-order valence-electron chi connectivity index (χ4n) is 4.19. The molecule has 0 aromatic heterocycles. The predicted octanol–water partition coefficient (Wildman–Crippen LogP) is 2.64. The van der Waals surface area contributed by atoms with E-state index in [-0.39, 0.29) is 11.6 Å². The SMILES string of the molecule is O=C(CN1CC[C@H]2CCCC[C@@H]2C1)NCCNc1ccc([N+](=O)[O-])cc1. The Bertz CT molecular complexity index is 620. The third kappa shape index (κ3) is 5.17. The Morgan fingerprint density at radius 1 is 1.12 bits per heavy atom. The van der Waals surface area contributed by atoms with E-state index < -0.39 is 4.92 Å². The number of anilines is 1. The Hall–Kier alpha value is -2.15. The molecule has 26 heavy (non-hydrogen) atoms. The lowest BCUT2D eigenvalue weighted by Gasteiger charge is -2.41. The Labute approximate surface area is 154 Å². The van der Waals surface area contributed by atoms with Crippen molar-refractivity contribution >= 4 is 17.3 Å². The van der Waals surface area contributed by atoms with E-state index in [2.05, 4.69) is 15.5 Å². The van der Waals surface area contributed by atoms with Gasteiger partial charge in [0.15, 0.2) is 0 Å². The zero-order valence-corrected chi connectivity index (χ0v) is 15.2. The second kappa shape index (κ2) is 8.98. The molecule has 1 aromatic rings. The molecule has 3 rings (SSSR count). The number of nitrogens with one attached hydrogen (secondary N) is 2. The molecule has 7 nitrogen and oxygen atoms in total. The maximum Gasteiger partial charge on any atom is 0.269 e. The van der Waals surface area contributed by atoms with Gasteiger partial charge < -0.3 is 10.6 Å². The Kier molecular flexibility index (Phi) is 6.44. The quantitative estimate of drug-likeness (QED) is 0.443. The predicted molar refractivity (Wildman–Crippen MR) is 101 cm³/mol. The second-order valence-corrected chi connectivity index (χ2v) is 7.41. The van der Waals surface area contributed by atoms with Gasteiger partial charge in [0.05, 0.1) is 11.5 Å². The molecular weight excluding hydrogens is 332 g/mol. The number of rotatable bonds is 7. The summed E-state index contributed by atoms with van der Waals surface area (Å²) in [6.07, 6.45) is 6.65. The van der Waals surface area contributed by atoms with Crippen molar-refractivity contribution in [2.45, 2.75) is 32.1 Å². The molecule has 0 unspecified atom stereocenters. The van der Waals surface area contributed by atoms with Crippen LogP contribution in [0.15, 0.2) is 24.3 Å². The molecule has 1 heterocycles. The monoisotopic (exact) mass is 360 g/mol. The van der Waals surface area contributed by atoms with Crippen molar-refractivity contribution < 1.29 is 9.72 Å². The third-order valence-electron chi connectivity index (χ3n) is 5.60. The molecule has 142 valence electrons. The summed E-state index contributed by atoms with van der Waals surface area (Å²) in [6, 6.07) is 6.29. The number of carbonyl (C=O) groups is 1. The van der Waals surface area contributed by atoms with Crippen LogP contribution >= 0.6 is 0 Å². The Balaban J connectivity index is 1.32. The number of likely N-dealkylation sites (tertiary alicyclic amines) is 1. The Morgan fingerprint density at radius 3 is 2.58 bits per heavy atom. The van der Waals surface area contributed by atoms with Gasteiger partial charge in [0.2, 0.25) is 5.91 Å². The Morgan fingerprint density at radius 2 is 1.85 bits per heavy atom. The number of benzene rings is 1. The van der Waals surface area contributed by atoms with Gasteiger partial charge in [0.1, 0.15) is 0 Å². The van der Waals surface area contributed by atoms with Crippen LogP contribution in [0.4, 0.5) is 11.4 Å². The lowest BCUT2D eigenvalue weighted by molar-refractivity contribution is -0.384. The largest absolute Gasteiger partial charge is 0.383 e. The fraction of sp³-hybridized carbons (Fsp3) is 0.632. The number of carbonyl (C=O) groups excluding carboxylic acids is 1. The minimum Gasteiger partial charge on any atom is -0.383 e. The topological polar surface area (TPSA) is 87.5 Å². The number of hydrogen-bond donors (Lipinski definition) is 2. The molecule has 1 amide bonds. The normalized spacial score (nSPS) is 23.1. The van der Waals surface area contributed by atoms with Crippen LogP contribution in [-0.2, 0) is 4.79 Å². The molecule has 1 aliphatic carbocycles. The van der Waals surface area contributed by atoms with Crippen LogP contribution in [0.5, 0.6) is 0 Å². The lowest BCUT2D eigenvalue weighted by atomic mass is 9.75. The van der Waals surface area contributed by atoms with Gasteiger partial charge >= 0.3 is 0 Å². The number of fused-ring (bicyclic) bond motifs is 1. The first-order chi connectivity index (χ1) is 12.6. The molecule has 1 aliphatic heterocycles. The van der Waals surface area contributed by atoms with Gasteiger partial charge in [0.25, 0.3) is 5.69 Å². The second-order valence-electron chi connectivity index (χ2n) is 7.41. The fourth-order valence-corrected chi connectivity index (χ4v) is 4.19. The molecule has 1 aromatic carbocycles. The molecule has 0 bridgehead atoms. The van der Waals surface area contributed by atoms with Gasteiger partial charge in [-0.2, -0.15) is 0 Å². The smallest absolute Gasteiger partial charge is 0.269 e. The van der Waals surface area contributed by atoms with Gasteiger partial charge in [-0.1, -0.05) is 19.3 Å². The van der Waals surface area contributed by atoms with Crippen molar-refractivity contribution in [2.75, 3.05) is 38.0 Å². The first-order valence-corrected chi connectivity index (χ1v) is 9.59. The average Bonchev–Trinajstić information content (AvgIpc) is 2.65. The molecule has 7 heteroatoms. The van der Waals surface area contributed by atoms with E-state index in [1.807, 2.05) is 0 Å². The van der Waals surface area contributed by atoms with Gasteiger partial charge in [0, 0.05) is 37.5 Å². The van der Waals surface area contributed by atoms with E-state index in [9.17, 15) is 14.9 Å². The molecule has 0 spiro atoms. The number of nitro groups is 1. The summed E-state index contributed by atoms with van der Waals surface area (Å²) in [6.45, 7) is 3.72. The summed E-state index contributed by atoms with van der Waals surface area (Å²) in [5.74, 6) is 1.74. The molecule has 1 saturated heterocycles. The highest BCUT2D eigenvalue weighted by molar-refractivity contribution is 5.78. The number of hydrogen-bond acceptors (Lipinski definition) is 5. The molecule has 1 saturated carbocycles. The maximum atomic E-state index is 12.1. The van der Waals surface area contributed by atoms with E-state index >= 15 is 0 Å². The van der Waals surface area contributed by atoms with Crippen molar-refractivity contribution in [2.24, 2.45) is 11.8 Å². The number of piperidine rings is 1. The highest BCUT2D eigenvalue weighted by Crippen LogP contribution is 2.35. The number of nitro benzene ring substituents is 1. The van der Waals surface area contributed by atoms with Gasteiger partial charge in [-0.25, -0.2) is 0 Å². The summed E-state index contributed by atoms with van der Waals surface area (Å²) in [5.41, 5.74) is 0.884. The highest BCUT2D eigenvalue weighted by atomic mass is 16.6. The van der Waals surface area contributed by atoms with E-state index in [0.717, 1.165) is 30.6 Å². The summed E-state index contributed by atoms with van der Waals surface area (Å²) in [7, 11) is 0. The summed E-state index contributed by atoms with van der Waals surface area (Å²) < 4.78 is 0. The number of nitrogens with zero attached hydrogens (tertiary/aromatic N) is 2. The minimum atomic E-state index is -0.417. The summed E-state index contributed by atoms with van der Waals surface area (Å²) in [5, 5.41) is 16.7. The molecule has 2 aliphatic rings. The van der Waals surface area contributed by atoms with E-state index in [0.29, 0.717) is 19.6 Å². The molecule has 0 radical (unpaired) electrons. The first kappa shape index (κ1) is 18.6. The van der Waals surface area contributed by atoms with Crippen molar-refractivity contribution in [1.82, 2.24) is 10.2 Å². The van der Waals surface area contributed by atoms with Crippen LogP contribution < -0.4 is 10.6 Å². The minimum absolute atomic E-state index is 0.0739. The molecular formula is C19H28N4O3. The van der Waals surface area contributed by atoms with Gasteiger partial charge in [-0.3, -0.25) is 19.8 Å².